The lowest BCUT2D eigenvalue weighted by Crippen LogP contribution is -2.52. The number of carbonyl (C=O) groups is 1. The zero-order chi connectivity index (χ0) is 14.8. The summed E-state index contributed by atoms with van der Waals surface area (Å²) in [5, 5.41) is 12.7. The van der Waals surface area contributed by atoms with Crippen LogP contribution in [0.3, 0.4) is 0 Å². The van der Waals surface area contributed by atoms with Gasteiger partial charge in [0.15, 0.2) is 5.82 Å². The highest BCUT2D eigenvalue weighted by molar-refractivity contribution is 7.87. The molecule has 0 amide bonds. The first kappa shape index (κ1) is 14.9. The molecule has 1 saturated heterocycles. The number of hydrogen-bond donors (Lipinski definition) is 2. The van der Waals surface area contributed by atoms with E-state index in [2.05, 4.69) is 14.9 Å². The molecule has 0 aliphatic carbocycles. The molecule has 0 radical (unpaired) electrons. The van der Waals surface area contributed by atoms with Crippen molar-refractivity contribution in [3.8, 4) is 0 Å². The van der Waals surface area contributed by atoms with E-state index in [1.54, 1.807) is 6.92 Å². The van der Waals surface area contributed by atoms with Gasteiger partial charge >= 0.3 is 5.97 Å². The molecule has 1 aliphatic heterocycles. The molecule has 10 heteroatoms. The van der Waals surface area contributed by atoms with Crippen LogP contribution in [0.2, 0.25) is 0 Å². The van der Waals surface area contributed by atoms with Gasteiger partial charge in [-0.05, 0) is 19.3 Å². The fourth-order valence-electron chi connectivity index (χ4n) is 2.09. The Morgan fingerprint density at radius 1 is 1.55 bits per heavy atom. The first-order valence-corrected chi connectivity index (χ1v) is 7.62. The second kappa shape index (κ2) is 5.85. The van der Waals surface area contributed by atoms with Crippen LogP contribution in [0, 0.1) is 6.92 Å². The van der Waals surface area contributed by atoms with Crippen molar-refractivity contribution in [1.82, 2.24) is 19.2 Å². The molecule has 2 rings (SSSR count). The standard InChI is InChI=1S/C10H16N4O5S/c1-7-12-9(13-19-7)6-11-20(17,18)14-5-3-2-4-8(14)10(15)16/h8,11H,2-6H2,1H3,(H,15,16). The Labute approximate surface area is 116 Å². The van der Waals surface area contributed by atoms with E-state index < -0.39 is 22.2 Å². The zero-order valence-corrected chi connectivity index (χ0v) is 11.8. The summed E-state index contributed by atoms with van der Waals surface area (Å²) < 4.78 is 32.3. The van der Waals surface area contributed by atoms with Crippen LogP contribution in [0.4, 0.5) is 0 Å². The smallest absolute Gasteiger partial charge is 0.322 e. The summed E-state index contributed by atoms with van der Waals surface area (Å²) >= 11 is 0. The first-order chi connectivity index (χ1) is 9.40. The maximum atomic E-state index is 12.1. The van der Waals surface area contributed by atoms with Gasteiger partial charge in [-0.2, -0.15) is 22.4 Å². The second-order valence-electron chi connectivity index (χ2n) is 4.52. The Balaban J connectivity index is 2.06. The third kappa shape index (κ3) is 3.32. The molecule has 1 aromatic rings. The second-order valence-corrected chi connectivity index (χ2v) is 6.22. The summed E-state index contributed by atoms with van der Waals surface area (Å²) in [6.07, 6.45) is 1.66. The van der Waals surface area contributed by atoms with E-state index in [1.165, 1.54) is 0 Å². The minimum Gasteiger partial charge on any atom is -0.480 e. The monoisotopic (exact) mass is 304 g/mol. The number of hydrogen-bond acceptors (Lipinski definition) is 6. The fraction of sp³-hybridized carbons (Fsp3) is 0.700. The molecular weight excluding hydrogens is 288 g/mol. The number of nitrogens with zero attached hydrogens (tertiary/aromatic N) is 3. The van der Waals surface area contributed by atoms with Crippen LogP contribution in [0.1, 0.15) is 31.0 Å². The van der Waals surface area contributed by atoms with Gasteiger partial charge < -0.3 is 9.63 Å². The van der Waals surface area contributed by atoms with E-state index in [0.717, 1.165) is 4.31 Å². The number of nitrogens with one attached hydrogen (secondary N) is 1. The predicted octanol–water partition coefficient (Wildman–Crippen LogP) is -0.348. The van der Waals surface area contributed by atoms with Gasteiger partial charge in [0.25, 0.3) is 10.2 Å². The van der Waals surface area contributed by atoms with Crippen LogP contribution in [-0.2, 0) is 21.5 Å². The Kier molecular flexibility index (Phi) is 4.35. The summed E-state index contributed by atoms with van der Waals surface area (Å²) in [5.74, 6) is -0.596. The van der Waals surface area contributed by atoms with Crippen LogP contribution in [0.25, 0.3) is 0 Å². The van der Waals surface area contributed by atoms with Gasteiger partial charge in [0, 0.05) is 13.5 Å². The lowest BCUT2D eigenvalue weighted by molar-refractivity contribution is -0.142. The Morgan fingerprint density at radius 2 is 2.30 bits per heavy atom. The maximum absolute atomic E-state index is 12.1. The lowest BCUT2D eigenvalue weighted by atomic mass is 10.1. The molecule has 0 saturated carbocycles. The van der Waals surface area contributed by atoms with Crippen LogP contribution in [0.15, 0.2) is 4.52 Å². The van der Waals surface area contributed by atoms with Gasteiger partial charge in [-0.15, -0.1) is 0 Å². The molecule has 1 aromatic heterocycles. The van der Waals surface area contributed by atoms with Crippen molar-refractivity contribution >= 4 is 16.2 Å². The summed E-state index contributed by atoms with van der Waals surface area (Å²) in [5.41, 5.74) is 0. The molecule has 0 aromatic carbocycles. The van der Waals surface area contributed by atoms with Gasteiger partial charge in [0.2, 0.25) is 5.89 Å². The molecule has 2 heterocycles. The summed E-state index contributed by atoms with van der Waals surface area (Å²) in [4.78, 5) is 15.0. The van der Waals surface area contributed by atoms with E-state index in [-0.39, 0.29) is 18.9 Å². The van der Waals surface area contributed by atoms with Gasteiger partial charge in [0.1, 0.15) is 6.04 Å². The van der Waals surface area contributed by atoms with Crippen molar-refractivity contribution < 1.29 is 22.8 Å². The van der Waals surface area contributed by atoms with E-state index in [4.69, 9.17) is 9.63 Å². The Bertz CT molecular complexity index is 584. The number of piperidine rings is 1. The highest BCUT2D eigenvalue weighted by Gasteiger charge is 2.36. The number of carboxylic acid groups (broad SMARTS) is 1. The average molecular weight is 304 g/mol. The van der Waals surface area contributed by atoms with Crippen molar-refractivity contribution in [2.75, 3.05) is 6.54 Å². The molecule has 1 fully saturated rings. The van der Waals surface area contributed by atoms with Gasteiger partial charge in [0.05, 0.1) is 6.54 Å². The summed E-state index contributed by atoms with van der Waals surface area (Å²) in [7, 11) is -3.89. The highest BCUT2D eigenvalue weighted by atomic mass is 32.2. The number of aromatic nitrogens is 2. The lowest BCUT2D eigenvalue weighted by Gasteiger charge is -2.31. The molecule has 1 aliphatic rings. The van der Waals surface area contributed by atoms with Crippen molar-refractivity contribution in [1.29, 1.82) is 0 Å². The van der Waals surface area contributed by atoms with E-state index in [0.29, 0.717) is 25.2 Å². The van der Waals surface area contributed by atoms with Crippen LogP contribution >= 0.6 is 0 Å². The quantitative estimate of drug-likeness (QED) is 0.761. The van der Waals surface area contributed by atoms with Crippen molar-refractivity contribution in [2.24, 2.45) is 0 Å². The van der Waals surface area contributed by atoms with Crippen molar-refractivity contribution in [3.63, 3.8) is 0 Å². The van der Waals surface area contributed by atoms with Crippen molar-refractivity contribution in [3.05, 3.63) is 11.7 Å². The van der Waals surface area contributed by atoms with Gasteiger partial charge in [-0.3, -0.25) is 4.79 Å². The number of aliphatic carboxylic acids is 1. The third-order valence-electron chi connectivity index (χ3n) is 3.03. The van der Waals surface area contributed by atoms with E-state index in [1.807, 2.05) is 0 Å². The topological polar surface area (TPSA) is 126 Å². The minimum absolute atomic E-state index is 0.136. The Morgan fingerprint density at radius 3 is 2.90 bits per heavy atom. The highest BCUT2D eigenvalue weighted by Crippen LogP contribution is 2.20. The van der Waals surface area contributed by atoms with E-state index >= 15 is 0 Å². The molecule has 2 N–H and O–H groups in total. The van der Waals surface area contributed by atoms with Gasteiger partial charge in [-0.25, -0.2) is 0 Å². The summed E-state index contributed by atoms with van der Waals surface area (Å²) in [6.45, 7) is 1.65. The van der Waals surface area contributed by atoms with Crippen LogP contribution < -0.4 is 4.72 Å². The molecular formula is C10H16N4O5S. The third-order valence-corrected chi connectivity index (χ3v) is 4.59. The van der Waals surface area contributed by atoms with Gasteiger partial charge in [-0.1, -0.05) is 5.16 Å². The normalized spacial score (nSPS) is 20.9. The van der Waals surface area contributed by atoms with Crippen LogP contribution in [0.5, 0.6) is 0 Å². The largest absolute Gasteiger partial charge is 0.480 e. The molecule has 0 bridgehead atoms. The fourth-order valence-corrected chi connectivity index (χ4v) is 3.47. The SMILES string of the molecule is Cc1nc(CNS(=O)(=O)N2CCCCC2C(=O)O)no1. The average Bonchev–Trinajstić information content (AvgIpc) is 2.82. The molecule has 1 unspecified atom stereocenters. The summed E-state index contributed by atoms with van der Waals surface area (Å²) in [6, 6.07) is -1.02. The Hall–Kier alpha value is -1.52. The van der Waals surface area contributed by atoms with E-state index in [9.17, 15) is 13.2 Å². The molecule has 0 spiro atoms. The van der Waals surface area contributed by atoms with Crippen molar-refractivity contribution in [2.45, 2.75) is 38.8 Å². The first-order valence-electron chi connectivity index (χ1n) is 6.18. The minimum atomic E-state index is -3.89. The number of carboxylic acids is 1. The zero-order valence-electron chi connectivity index (χ0n) is 10.9. The molecule has 112 valence electrons. The maximum Gasteiger partial charge on any atom is 0.322 e. The number of aryl methyl sites for hydroxylation is 1. The molecule has 20 heavy (non-hydrogen) atoms. The van der Waals surface area contributed by atoms with Crippen LogP contribution in [-0.4, -0.2) is 46.5 Å². The molecule has 1 atom stereocenters. The number of rotatable bonds is 5. The molecule has 9 nitrogen and oxygen atoms in total. The predicted molar refractivity (Wildman–Crippen MR) is 66.8 cm³/mol.